The standard InChI is InChI=1S/C17H26N2O3/c1-4-6-10-22-14(7-5-2)8-9-19-16(20)11-13(3)15(12-18)17(19)21/h14H,4-11H2,1-3H3. The first-order valence-corrected chi connectivity index (χ1v) is 8.11. The Balaban J connectivity index is 2.62. The van der Waals surface area contributed by atoms with Crippen molar-refractivity contribution in [1.29, 1.82) is 5.26 Å². The number of unbranched alkanes of at least 4 members (excludes halogenated alkanes) is 1. The minimum atomic E-state index is -0.458. The zero-order valence-electron chi connectivity index (χ0n) is 13.9. The maximum atomic E-state index is 12.2. The Hall–Kier alpha value is -1.67. The molecule has 1 heterocycles. The average molecular weight is 306 g/mol. The second-order valence-corrected chi connectivity index (χ2v) is 5.72. The van der Waals surface area contributed by atoms with Gasteiger partial charge >= 0.3 is 0 Å². The van der Waals surface area contributed by atoms with Crippen LogP contribution in [0.4, 0.5) is 0 Å². The van der Waals surface area contributed by atoms with Gasteiger partial charge in [0.05, 0.1) is 6.10 Å². The fourth-order valence-corrected chi connectivity index (χ4v) is 2.51. The van der Waals surface area contributed by atoms with E-state index < -0.39 is 5.91 Å². The second kappa shape index (κ2) is 9.37. The summed E-state index contributed by atoms with van der Waals surface area (Å²) < 4.78 is 5.83. The van der Waals surface area contributed by atoms with Crippen LogP contribution in [0.3, 0.4) is 0 Å². The zero-order valence-corrected chi connectivity index (χ0v) is 13.9. The third kappa shape index (κ3) is 4.96. The molecule has 2 amide bonds. The summed E-state index contributed by atoms with van der Waals surface area (Å²) in [6.45, 7) is 6.91. The summed E-state index contributed by atoms with van der Waals surface area (Å²) in [5.41, 5.74) is 0.677. The van der Waals surface area contributed by atoms with Crippen LogP contribution >= 0.6 is 0 Å². The van der Waals surface area contributed by atoms with Crippen molar-refractivity contribution < 1.29 is 14.3 Å². The predicted molar refractivity (Wildman–Crippen MR) is 83.8 cm³/mol. The lowest BCUT2D eigenvalue weighted by Crippen LogP contribution is -2.42. The lowest BCUT2D eigenvalue weighted by Gasteiger charge is -2.27. The van der Waals surface area contributed by atoms with Crippen LogP contribution in [0.25, 0.3) is 0 Å². The largest absolute Gasteiger partial charge is 0.378 e. The molecule has 0 saturated heterocycles. The normalized spacial score (nSPS) is 16.9. The van der Waals surface area contributed by atoms with Gasteiger partial charge in [0, 0.05) is 19.6 Å². The lowest BCUT2D eigenvalue weighted by molar-refractivity contribution is -0.143. The van der Waals surface area contributed by atoms with Crippen LogP contribution in [0.2, 0.25) is 0 Å². The number of carbonyl (C=O) groups excluding carboxylic acids is 2. The van der Waals surface area contributed by atoms with Crippen LogP contribution in [0.5, 0.6) is 0 Å². The third-order valence-corrected chi connectivity index (χ3v) is 3.85. The number of nitrogens with zero attached hydrogens (tertiary/aromatic N) is 2. The van der Waals surface area contributed by atoms with E-state index in [-0.39, 0.29) is 24.0 Å². The first-order chi connectivity index (χ1) is 10.5. The van der Waals surface area contributed by atoms with Crippen molar-refractivity contribution in [2.24, 2.45) is 0 Å². The topological polar surface area (TPSA) is 70.4 Å². The van der Waals surface area contributed by atoms with Crippen LogP contribution in [0, 0.1) is 11.3 Å². The van der Waals surface area contributed by atoms with Crippen LogP contribution in [0.1, 0.15) is 59.3 Å². The highest BCUT2D eigenvalue weighted by Gasteiger charge is 2.31. The number of ether oxygens (including phenoxy) is 1. The van der Waals surface area contributed by atoms with Crippen molar-refractivity contribution >= 4 is 11.8 Å². The van der Waals surface area contributed by atoms with Crippen LogP contribution < -0.4 is 0 Å². The van der Waals surface area contributed by atoms with Gasteiger partial charge in [0.2, 0.25) is 5.91 Å². The van der Waals surface area contributed by atoms with Gasteiger partial charge in [0.25, 0.3) is 5.91 Å². The first kappa shape index (κ1) is 18.4. The smallest absolute Gasteiger partial charge is 0.271 e. The van der Waals surface area contributed by atoms with Gasteiger partial charge in [-0.3, -0.25) is 14.5 Å². The Morgan fingerprint density at radius 1 is 1.27 bits per heavy atom. The molecule has 5 nitrogen and oxygen atoms in total. The van der Waals surface area contributed by atoms with Crippen molar-refractivity contribution in [1.82, 2.24) is 4.90 Å². The number of imide groups is 1. The monoisotopic (exact) mass is 306 g/mol. The molecule has 0 radical (unpaired) electrons. The van der Waals surface area contributed by atoms with E-state index in [0.717, 1.165) is 25.7 Å². The molecule has 0 aromatic heterocycles. The molecule has 1 aliphatic heterocycles. The van der Waals surface area contributed by atoms with E-state index >= 15 is 0 Å². The van der Waals surface area contributed by atoms with Crippen molar-refractivity contribution in [2.45, 2.75) is 65.4 Å². The maximum Gasteiger partial charge on any atom is 0.271 e. The number of rotatable bonds is 9. The van der Waals surface area contributed by atoms with Gasteiger partial charge in [-0.1, -0.05) is 26.7 Å². The summed E-state index contributed by atoms with van der Waals surface area (Å²) in [6.07, 6.45) is 4.87. The highest BCUT2D eigenvalue weighted by molar-refractivity contribution is 6.10. The molecule has 1 unspecified atom stereocenters. The molecule has 5 heteroatoms. The highest BCUT2D eigenvalue weighted by atomic mass is 16.5. The van der Waals surface area contributed by atoms with Crippen LogP contribution in [-0.2, 0) is 14.3 Å². The van der Waals surface area contributed by atoms with E-state index in [1.807, 2.05) is 6.07 Å². The van der Waals surface area contributed by atoms with E-state index in [2.05, 4.69) is 13.8 Å². The minimum absolute atomic E-state index is 0.0645. The summed E-state index contributed by atoms with van der Waals surface area (Å²) in [5, 5.41) is 9.05. The predicted octanol–water partition coefficient (Wildman–Crippen LogP) is 2.96. The number of carbonyl (C=O) groups is 2. The van der Waals surface area contributed by atoms with Gasteiger partial charge in [-0.2, -0.15) is 5.26 Å². The molecule has 0 aromatic rings. The van der Waals surface area contributed by atoms with Crippen molar-refractivity contribution in [3.8, 4) is 6.07 Å². The van der Waals surface area contributed by atoms with Crippen molar-refractivity contribution in [3.63, 3.8) is 0 Å². The Labute approximate surface area is 132 Å². The maximum absolute atomic E-state index is 12.2. The lowest BCUT2D eigenvalue weighted by atomic mass is 10.0. The molecule has 122 valence electrons. The van der Waals surface area contributed by atoms with Gasteiger partial charge in [-0.25, -0.2) is 0 Å². The average Bonchev–Trinajstić information content (AvgIpc) is 2.47. The van der Waals surface area contributed by atoms with Crippen LogP contribution in [-0.4, -0.2) is 36.0 Å². The molecule has 0 bridgehead atoms. The Morgan fingerprint density at radius 3 is 2.59 bits per heavy atom. The molecule has 0 N–H and O–H groups in total. The number of hydrogen-bond acceptors (Lipinski definition) is 4. The second-order valence-electron chi connectivity index (χ2n) is 5.72. The molecule has 1 atom stereocenters. The molecule has 0 aliphatic carbocycles. The van der Waals surface area contributed by atoms with E-state index in [9.17, 15) is 9.59 Å². The molecule has 1 rings (SSSR count). The van der Waals surface area contributed by atoms with Gasteiger partial charge in [-0.15, -0.1) is 0 Å². The van der Waals surface area contributed by atoms with Crippen molar-refractivity contribution in [2.75, 3.05) is 13.2 Å². The fourth-order valence-electron chi connectivity index (χ4n) is 2.51. The van der Waals surface area contributed by atoms with E-state index in [0.29, 0.717) is 25.1 Å². The first-order valence-electron chi connectivity index (χ1n) is 8.11. The summed E-state index contributed by atoms with van der Waals surface area (Å²) in [7, 11) is 0. The minimum Gasteiger partial charge on any atom is -0.378 e. The van der Waals surface area contributed by atoms with Crippen molar-refractivity contribution in [3.05, 3.63) is 11.1 Å². The van der Waals surface area contributed by atoms with Crippen LogP contribution in [0.15, 0.2) is 11.1 Å². The molecule has 0 aromatic carbocycles. The summed E-state index contributed by atoms with van der Waals surface area (Å²) in [6, 6.07) is 1.91. The van der Waals surface area contributed by atoms with E-state index in [4.69, 9.17) is 10.00 Å². The molecule has 0 fully saturated rings. The molecular weight excluding hydrogens is 280 g/mol. The van der Waals surface area contributed by atoms with E-state index in [1.54, 1.807) is 6.92 Å². The van der Waals surface area contributed by atoms with E-state index in [1.165, 1.54) is 4.90 Å². The Bertz CT molecular complexity index is 477. The summed E-state index contributed by atoms with van der Waals surface area (Å²) in [5.74, 6) is -0.676. The Kier molecular flexibility index (Phi) is 7.83. The number of nitriles is 1. The quantitative estimate of drug-likeness (QED) is 0.485. The Morgan fingerprint density at radius 2 is 2.00 bits per heavy atom. The zero-order chi connectivity index (χ0) is 16.5. The third-order valence-electron chi connectivity index (χ3n) is 3.85. The molecule has 0 saturated carbocycles. The number of hydrogen-bond donors (Lipinski definition) is 0. The van der Waals surface area contributed by atoms with Gasteiger partial charge in [-0.05, 0) is 31.8 Å². The summed E-state index contributed by atoms with van der Waals surface area (Å²) in [4.78, 5) is 25.4. The molecule has 1 aliphatic rings. The van der Waals surface area contributed by atoms with Gasteiger partial charge in [0.15, 0.2) is 0 Å². The molecule has 0 spiro atoms. The van der Waals surface area contributed by atoms with Gasteiger partial charge < -0.3 is 4.74 Å². The summed E-state index contributed by atoms with van der Waals surface area (Å²) >= 11 is 0. The highest BCUT2D eigenvalue weighted by Crippen LogP contribution is 2.20. The number of amides is 2. The fraction of sp³-hybridized carbons (Fsp3) is 0.706. The molecule has 22 heavy (non-hydrogen) atoms. The SMILES string of the molecule is CCCCOC(CCC)CCN1C(=O)CC(C)=C(C#N)C1=O. The molecular formula is C17H26N2O3. The van der Waals surface area contributed by atoms with Gasteiger partial charge in [0.1, 0.15) is 11.6 Å².